The molecule has 2 rings (SSSR count). The van der Waals surface area contributed by atoms with E-state index in [0.717, 1.165) is 0 Å². The number of carboxylic acids is 1. The Labute approximate surface area is 96.7 Å². The van der Waals surface area contributed by atoms with E-state index < -0.39 is 12.6 Å². The molecule has 1 N–H and O–H groups in total. The number of ether oxygens (including phenoxy) is 1. The monoisotopic (exact) mass is 234 g/mol. The van der Waals surface area contributed by atoms with Crippen LogP contribution in [0.2, 0.25) is 0 Å². The summed E-state index contributed by atoms with van der Waals surface area (Å²) in [5.74, 6) is -0.553. The number of hydrogen-bond acceptors (Lipinski definition) is 5. The summed E-state index contributed by atoms with van der Waals surface area (Å²) < 4.78 is 6.37. The average molecular weight is 234 g/mol. The first-order valence-corrected chi connectivity index (χ1v) is 4.84. The van der Waals surface area contributed by atoms with Gasteiger partial charge in [-0.1, -0.05) is 6.07 Å². The van der Waals surface area contributed by atoms with Gasteiger partial charge in [0.1, 0.15) is 5.69 Å². The van der Waals surface area contributed by atoms with Crippen molar-refractivity contribution in [3.63, 3.8) is 0 Å². The summed E-state index contributed by atoms with van der Waals surface area (Å²) in [7, 11) is 1.69. The Kier molecular flexibility index (Phi) is 2.99. The quantitative estimate of drug-likeness (QED) is 0.820. The van der Waals surface area contributed by atoms with Crippen LogP contribution < -0.4 is 4.74 Å². The molecule has 0 spiro atoms. The number of aryl methyl sites for hydroxylation is 1. The summed E-state index contributed by atoms with van der Waals surface area (Å²) in [5, 5.41) is 12.4. The summed E-state index contributed by atoms with van der Waals surface area (Å²) in [4.78, 5) is 18.5. The van der Waals surface area contributed by atoms with Crippen molar-refractivity contribution in [1.29, 1.82) is 0 Å². The van der Waals surface area contributed by atoms with Crippen LogP contribution in [-0.4, -0.2) is 37.4 Å². The van der Waals surface area contributed by atoms with Gasteiger partial charge in [0, 0.05) is 13.2 Å². The van der Waals surface area contributed by atoms with E-state index in [-0.39, 0.29) is 6.01 Å². The van der Waals surface area contributed by atoms with Gasteiger partial charge in [-0.2, -0.15) is 4.98 Å². The Morgan fingerprint density at radius 2 is 2.35 bits per heavy atom. The van der Waals surface area contributed by atoms with E-state index in [4.69, 9.17) is 9.84 Å². The predicted octanol–water partition coefficient (Wildman–Crippen LogP) is 0.340. The average Bonchev–Trinajstić information content (AvgIpc) is 2.69. The lowest BCUT2D eigenvalue weighted by Gasteiger charge is -1.96. The smallest absolute Gasteiger partial charge is 0.341 e. The number of carboxylic acid groups (broad SMARTS) is 1. The van der Waals surface area contributed by atoms with Crippen molar-refractivity contribution in [2.24, 2.45) is 7.05 Å². The molecule has 0 fully saturated rings. The van der Waals surface area contributed by atoms with E-state index in [0.29, 0.717) is 11.5 Å². The van der Waals surface area contributed by atoms with Gasteiger partial charge in [0.2, 0.25) is 0 Å². The van der Waals surface area contributed by atoms with Gasteiger partial charge in [0.05, 0.1) is 0 Å². The van der Waals surface area contributed by atoms with Crippen molar-refractivity contribution in [2.45, 2.75) is 0 Å². The molecule has 0 radical (unpaired) electrons. The summed E-state index contributed by atoms with van der Waals surface area (Å²) in [5.41, 5.74) is 0.646. The standard InChI is InChI=1S/C10H10N4O3/c1-14-9(7-4-2-3-5-11-7)12-10(13-14)17-6-8(15)16/h2-5H,6H2,1H3,(H,15,16). The molecule has 0 aromatic carbocycles. The van der Waals surface area contributed by atoms with Gasteiger partial charge in [-0.3, -0.25) is 4.98 Å². The minimum absolute atomic E-state index is 0.0237. The van der Waals surface area contributed by atoms with Crippen LogP contribution >= 0.6 is 0 Å². The lowest BCUT2D eigenvalue weighted by Crippen LogP contribution is -2.10. The number of nitrogens with zero attached hydrogens (tertiary/aromatic N) is 4. The van der Waals surface area contributed by atoms with E-state index in [2.05, 4.69) is 15.1 Å². The maximum absolute atomic E-state index is 10.3. The summed E-state index contributed by atoms with van der Waals surface area (Å²) >= 11 is 0. The first-order valence-electron chi connectivity index (χ1n) is 4.84. The van der Waals surface area contributed by atoms with Crippen molar-refractivity contribution in [3.05, 3.63) is 24.4 Å². The van der Waals surface area contributed by atoms with Crippen molar-refractivity contribution >= 4 is 5.97 Å². The van der Waals surface area contributed by atoms with Gasteiger partial charge in [0.15, 0.2) is 12.4 Å². The second-order valence-corrected chi connectivity index (χ2v) is 3.24. The largest absolute Gasteiger partial charge is 0.479 e. The van der Waals surface area contributed by atoms with Gasteiger partial charge in [0.25, 0.3) is 0 Å². The van der Waals surface area contributed by atoms with Gasteiger partial charge in [-0.05, 0) is 12.1 Å². The van der Waals surface area contributed by atoms with Gasteiger partial charge >= 0.3 is 12.0 Å². The fourth-order valence-electron chi connectivity index (χ4n) is 1.27. The van der Waals surface area contributed by atoms with Crippen molar-refractivity contribution in [2.75, 3.05) is 6.61 Å². The van der Waals surface area contributed by atoms with Gasteiger partial charge in [-0.15, -0.1) is 5.10 Å². The van der Waals surface area contributed by atoms with Crippen LogP contribution in [0.4, 0.5) is 0 Å². The second kappa shape index (κ2) is 4.60. The zero-order valence-corrected chi connectivity index (χ0v) is 9.07. The van der Waals surface area contributed by atoms with Crippen LogP contribution in [0, 0.1) is 0 Å². The summed E-state index contributed by atoms with van der Waals surface area (Å²) in [6.07, 6.45) is 1.64. The van der Waals surface area contributed by atoms with Crippen molar-refractivity contribution in [1.82, 2.24) is 19.7 Å². The number of aliphatic carboxylic acids is 1. The maximum Gasteiger partial charge on any atom is 0.341 e. The molecule has 7 heteroatoms. The third-order valence-corrected chi connectivity index (χ3v) is 1.96. The third-order valence-electron chi connectivity index (χ3n) is 1.96. The van der Waals surface area contributed by atoms with Crippen molar-refractivity contribution < 1.29 is 14.6 Å². The highest BCUT2D eigenvalue weighted by Crippen LogP contribution is 2.15. The lowest BCUT2D eigenvalue weighted by molar-refractivity contribution is -0.139. The molecule has 2 aromatic rings. The predicted molar refractivity (Wildman–Crippen MR) is 57.4 cm³/mol. The normalized spacial score (nSPS) is 10.2. The number of rotatable bonds is 4. The van der Waals surface area contributed by atoms with Crippen LogP contribution in [0.3, 0.4) is 0 Å². The molecule has 17 heavy (non-hydrogen) atoms. The molecule has 0 aliphatic heterocycles. The molecule has 0 unspecified atom stereocenters. The van der Waals surface area contributed by atoms with E-state index >= 15 is 0 Å². The van der Waals surface area contributed by atoms with Crippen LogP contribution in [0.5, 0.6) is 6.01 Å². The second-order valence-electron chi connectivity index (χ2n) is 3.24. The topological polar surface area (TPSA) is 90.1 Å². The maximum atomic E-state index is 10.3. The number of aromatic nitrogens is 4. The van der Waals surface area contributed by atoms with Gasteiger partial charge in [-0.25, -0.2) is 9.48 Å². The lowest BCUT2D eigenvalue weighted by atomic mass is 10.3. The number of hydrogen-bond donors (Lipinski definition) is 1. The summed E-state index contributed by atoms with van der Waals surface area (Å²) in [6.45, 7) is -0.467. The molecule has 0 amide bonds. The molecule has 2 aromatic heterocycles. The van der Waals surface area contributed by atoms with Crippen LogP contribution in [0.1, 0.15) is 0 Å². The van der Waals surface area contributed by atoms with Crippen LogP contribution in [0.25, 0.3) is 11.5 Å². The molecule has 0 atom stereocenters. The molecule has 88 valence electrons. The Bertz CT molecular complexity index is 524. The first-order chi connectivity index (χ1) is 8.16. The third kappa shape index (κ3) is 2.57. The Morgan fingerprint density at radius 1 is 1.53 bits per heavy atom. The minimum Gasteiger partial charge on any atom is -0.479 e. The van der Waals surface area contributed by atoms with Crippen LogP contribution in [0.15, 0.2) is 24.4 Å². The van der Waals surface area contributed by atoms with E-state index in [1.165, 1.54) is 4.68 Å². The van der Waals surface area contributed by atoms with Gasteiger partial charge < -0.3 is 9.84 Å². The molecule has 0 aliphatic rings. The molecule has 0 saturated carbocycles. The highest BCUT2D eigenvalue weighted by Gasteiger charge is 2.11. The first kappa shape index (κ1) is 11.1. The Morgan fingerprint density at radius 3 is 3.00 bits per heavy atom. The molecule has 7 nitrogen and oxygen atoms in total. The fraction of sp³-hybridized carbons (Fsp3) is 0.200. The molecular weight excluding hydrogens is 224 g/mol. The highest BCUT2D eigenvalue weighted by atomic mass is 16.5. The fourth-order valence-corrected chi connectivity index (χ4v) is 1.27. The number of pyridine rings is 1. The zero-order chi connectivity index (χ0) is 12.3. The highest BCUT2D eigenvalue weighted by molar-refractivity contribution is 5.68. The molecule has 0 saturated heterocycles. The van der Waals surface area contributed by atoms with E-state index in [1.807, 2.05) is 6.07 Å². The van der Waals surface area contributed by atoms with E-state index in [9.17, 15) is 4.79 Å². The molecule has 0 aliphatic carbocycles. The SMILES string of the molecule is Cn1nc(OCC(=O)O)nc1-c1ccccn1. The number of carbonyl (C=O) groups is 1. The Hall–Kier alpha value is -2.44. The summed E-state index contributed by atoms with van der Waals surface area (Å²) in [6, 6.07) is 5.43. The zero-order valence-electron chi connectivity index (χ0n) is 9.07. The van der Waals surface area contributed by atoms with E-state index in [1.54, 1.807) is 25.4 Å². The molecule has 0 bridgehead atoms. The Balaban J connectivity index is 2.22. The van der Waals surface area contributed by atoms with Crippen LogP contribution in [-0.2, 0) is 11.8 Å². The molecular formula is C10H10N4O3. The van der Waals surface area contributed by atoms with Crippen molar-refractivity contribution in [3.8, 4) is 17.5 Å². The molecule has 2 heterocycles. The minimum atomic E-state index is -1.07.